The quantitative estimate of drug-likeness (QED) is 0.889. The highest BCUT2D eigenvalue weighted by Crippen LogP contribution is 2.24. The normalized spacial score (nSPS) is 20.6. The Hall–Kier alpha value is -1.59. The van der Waals surface area contributed by atoms with Gasteiger partial charge in [-0.25, -0.2) is 0 Å². The maximum atomic E-state index is 12.3. The summed E-state index contributed by atoms with van der Waals surface area (Å²) < 4.78 is 0. The average molecular weight is 326 g/mol. The van der Waals surface area contributed by atoms with Crippen molar-refractivity contribution >= 4 is 29.9 Å². The smallest absolute Gasteiger partial charge is 0.243 e. The number of para-hydroxylation sites is 1. The number of hydrogen-bond acceptors (Lipinski definition) is 3. The van der Waals surface area contributed by atoms with E-state index in [1.165, 1.54) is 4.90 Å². The number of rotatable bonds is 4. The van der Waals surface area contributed by atoms with E-state index >= 15 is 0 Å². The van der Waals surface area contributed by atoms with Gasteiger partial charge >= 0.3 is 0 Å². The van der Waals surface area contributed by atoms with E-state index in [4.69, 9.17) is 5.73 Å². The highest BCUT2D eigenvalue weighted by Gasteiger charge is 2.28. The molecule has 1 aromatic carbocycles. The summed E-state index contributed by atoms with van der Waals surface area (Å²) in [6.07, 6.45) is 3.57. The SMILES string of the molecule is CN(CC(=O)Nc1ccccc1)C(=O)C1CCCC(N)C1.Cl. The molecule has 2 unspecified atom stereocenters. The molecule has 1 saturated carbocycles. The largest absolute Gasteiger partial charge is 0.336 e. The second kappa shape index (κ2) is 8.76. The number of carbonyl (C=O) groups is 2. The topological polar surface area (TPSA) is 75.4 Å². The van der Waals surface area contributed by atoms with Crippen molar-refractivity contribution < 1.29 is 9.59 Å². The van der Waals surface area contributed by atoms with Crippen LogP contribution in [0.25, 0.3) is 0 Å². The molecule has 0 bridgehead atoms. The number of amides is 2. The van der Waals surface area contributed by atoms with E-state index in [-0.39, 0.29) is 42.7 Å². The Morgan fingerprint density at radius 2 is 1.95 bits per heavy atom. The van der Waals surface area contributed by atoms with Crippen LogP contribution in [0.15, 0.2) is 30.3 Å². The van der Waals surface area contributed by atoms with Crippen LogP contribution in [0.2, 0.25) is 0 Å². The molecular weight excluding hydrogens is 302 g/mol. The summed E-state index contributed by atoms with van der Waals surface area (Å²) in [4.78, 5) is 25.8. The van der Waals surface area contributed by atoms with E-state index < -0.39 is 0 Å². The first kappa shape index (κ1) is 18.5. The Labute approximate surface area is 137 Å². The van der Waals surface area contributed by atoms with Gasteiger partial charge in [0.25, 0.3) is 0 Å². The molecule has 0 saturated heterocycles. The van der Waals surface area contributed by atoms with Gasteiger partial charge in [0.1, 0.15) is 0 Å². The zero-order valence-electron chi connectivity index (χ0n) is 12.8. The standard InChI is InChI=1S/C16H23N3O2.ClH/c1-19(16(21)12-6-5-7-13(17)10-12)11-15(20)18-14-8-3-2-4-9-14;/h2-4,8-9,12-13H,5-7,10-11,17H2,1H3,(H,18,20);1H. The maximum Gasteiger partial charge on any atom is 0.243 e. The molecule has 0 aliphatic heterocycles. The average Bonchev–Trinajstić information content (AvgIpc) is 2.47. The molecule has 3 N–H and O–H groups in total. The molecule has 0 spiro atoms. The number of nitrogens with zero attached hydrogens (tertiary/aromatic N) is 1. The van der Waals surface area contributed by atoms with Gasteiger partial charge in [-0.2, -0.15) is 0 Å². The predicted octanol–water partition coefficient (Wildman–Crippen LogP) is 2.02. The maximum absolute atomic E-state index is 12.3. The molecule has 2 atom stereocenters. The minimum atomic E-state index is -0.183. The molecule has 1 fully saturated rings. The number of halogens is 1. The van der Waals surface area contributed by atoms with E-state index in [9.17, 15) is 9.59 Å². The number of nitrogens with two attached hydrogens (primary N) is 1. The number of benzene rings is 1. The van der Waals surface area contributed by atoms with Gasteiger partial charge in [-0.05, 0) is 31.4 Å². The molecule has 5 nitrogen and oxygen atoms in total. The Kier molecular flexibility index (Phi) is 7.35. The molecule has 0 aromatic heterocycles. The fourth-order valence-electron chi connectivity index (χ4n) is 2.78. The van der Waals surface area contributed by atoms with Gasteiger partial charge in [-0.3, -0.25) is 9.59 Å². The van der Waals surface area contributed by atoms with Gasteiger partial charge in [-0.15, -0.1) is 12.4 Å². The van der Waals surface area contributed by atoms with Crippen LogP contribution in [-0.4, -0.2) is 36.3 Å². The van der Waals surface area contributed by atoms with Crippen LogP contribution in [-0.2, 0) is 9.59 Å². The van der Waals surface area contributed by atoms with E-state index in [0.29, 0.717) is 0 Å². The van der Waals surface area contributed by atoms with E-state index in [1.807, 2.05) is 30.3 Å². The Bertz CT molecular complexity index is 495. The molecule has 6 heteroatoms. The molecule has 1 aliphatic rings. The highest BCUT2D eigenvalue weighted by atomic mass is 35.5. The molecule has 0 heterocycles. The molecule has 122 valence electrons. The van der Waals surface area contributed by atoms with Crippen molar-refractivity contribution in [3.63, 3.8) is 0 Å². The number of nitrogens with one attached hydrogen (secondary N) is 1. The molecule has 2 rings (SSSR count). The highest BCUT2D eigenvalue weighted by molar-refractivity contribution is 5.94. The van der Waals surface area contributed by atoms with Crippen molar-refractivity contribution in [1.82, 2.24) is 4.90 Å². The summed E-state index contributed by atoms with van der Waals surface area (Å²) in [5, 5.41) is 2.78. The number of likely N-dealkylation sites (N-methyl/N-ethyl adjacent to an activating group) is 1. The van der Waals surface area contributed by atoms with Crippen molar-refractivity contribution in [2.45, 2.75) is 31.7 Å². The lowest BCUT2D eigenvalue weighted by molar-refractivity contribution is -0.138. The van der Waals surface area contributed by atoms with E-state index in [2.05, 4.69) is 5.32 Å². The van der Waals surface area contributed by atoms with Crippen molar-refractivity contribution in [3.8, 4) is 0 Å². The lowest BCUT2D eigenvalue weighted by atomic mass is 9.85. The summed E-state index contributed by atoms with van der Waals surface area (Å²) in [5.74, 6) is -0.200. The first-order chi connectivity index (χ1) is 10.1. The third-order valence-corrected chi connectivity index (χ3v) is 3.88. The summed E-state index contributed by atoms with van der Waals surface area (Å²) in [7, 11) is 1.67. The van der Waals surface area contributed by atoms with Gasteiger partial charge in [0.05, 0.1) is 6.54 Å². The summed E-state index contributed by atoms with van der Waals surface area (Å²) in [6.45, 7) is 0.0689. The zero-order valence-corrected chi connectivity index (χ0v) is 13.6. The van der Waals surface area contributed by atoms with Crippen molar-refractivity contribution in [1.29, 1.82) is 0 Å². The fourth-order valence-corrected chi connectivity index (χ4v) is 2.78. The lowest BCUT2D eigenvalue weighted by Gasteiger charge is -2.29. The minimum Gasteiger partial charge on any atom is -0.336 e. The van der Waals surface area contributed by atoms with Gasteiger partial charge in [0.15, 0.2) is 0 Å². The monoisotopic (exact) mass is 325 g/mol. The van der Waals surface area contributed by atoms with Crippen LogP contribution in [0.3, 0.4) is 0 Å². The number of carbonyl (C=O) groups excluding carboxylic acids is 2. The number of hydrogen-bond donors (Lipinski definition) is 2. The minimum absolute atomic E-state index is 0. The van der Waals surface area contributed by atoms with E-state index in [0.717, 1.165) is 31.4 Å². The second-order valence-electron chi connectivity index (χ2n) is 5.73. The van der Waals surface area contributed by atoms with Crippen LogP contribution in [0.4, 0.5) is 5.69 Å². The van der Waals surface area contributed by atoms with Crippen LogP contribution in [0.5, 0.6) is 0 Å². The lowest BCUT2D eigenvalue weighted by Crippen LogP contribution is -2.41. The third-order valence-electron chi connectivity index (χ3n) is 3.88. The number of anilines is 1. The summed E-state index contributed by atoms with van der Waals surface area (Å²) in [6, 6.07) is 9.35. The Morgan fingerprint density at radius 3 is 2.59 bits per heavy atom. The molecule has 2 amide bonds. The molecule has 1 aliphatic carbocycles. The van der Waals surface area contributed by atoms with Gasteiger partial charge in [-0.1, -0.05) is 24.6 Å². The predicted molar refractivity (Wildman–Crippen MR) is 89.9 cm³/mol. The first-order valence-corrected chi connectivity index (χ1v) is 7.41. The van der Waals surface area contributed by atoms with E-state index in [1.54, 1.807) is 7.05 Å². The summed E-state index contributed by atoms with van der Waals surface area (Å²) >= 11 is 0. The first-order valence-electron chi connectivity index (χ1n) is 7.41. The van der Waals surface area contributed by atoms with Crippen LogP contribution < -0.4 is 11.1 Å². The van der Waals surface area contributed by atoms with Crippen LogP contribution in [0.1, 0.15) is 25.7 Å². The van der Waals surface area contributed by atoms with Crippen molar-refractivity contribution in [2.24, 2.45) is 11.7 Å². The molecule has 22 heavy (non-hydrogen) atoms. The van der Waals surface area contributed by atoms with Crippen molar-refractivity contribution in [2.75, 3.05) is 18.9 Å². The van der Waals surface area contributed by atoms with Gasteiger partial charge in [0.2, 0.25) is 11.8 Å². The van der Waals surface area contributed by atoms with Gasteiger partial charge < -0.3 is 16.0 Å². The zero-order chi connectivity index (χ0) is 15.2. The third kappa shape index (κ3) is 5.31. The second-order valence-corrected chi connectivity index (χ2v) is 5.73. The molecule has 1 aromatic rings. The van der Waals surface area contributed by atoms with Crippen molar-refractivity contribution in [3.05, 3.63) is 30.3 Å². The molecular formula is C16H24ClN3O2. The van der Waals surface area contributed by atoms with Crippen LogP contribution in [0, 0.1) is 5.92 Å². The molecule has 0 radical (unpaired) electrons. The van der Waals surface area contributed by atoms with Gasteiger partial charge in [0, 0.05) is 24.7 Å². The Balaban J connectivity index is 0.00000242. The Morgan fingerprint density at radius 1 is 1.27 bits per heavy atom. The van der Waals surface area contributed by atoms with Crippen LogP contribution >= 0.6 is 12.4 Å². The fraction of sp³-hybridized carbons (Fsp3) is 0.500. The summed E-state index contributed by atoms with van der Waals surface area (Å²) in [5.41, 5.74) is 6.66.